The summed E-state index contributed by atoms with van der Waals surface area (Å²) in [6, 6.07) is 0. The van der Waals surface area contributed by atoms with Crippen LogP contribution in [0.15, 0.2) is 9.98 Å². The molecular formula is C7H8BrNO4S2. The molecule has 0 bridgehead atoms. The zero-order chi connectivity index (χ0) is 11.6. The Hall–Kier alpha value is -0.470. The van der Waals surface area contributed by atoms with Gasteiger partial charge in [0.15, 0.2) is 15.1 Å². The van der Waals surface area contributed by atoms with Crippen molar-refractivity contribution in [1.82, 2.24) is 4.98 Å². The van der Waals surface area contributed by atoms with Crippen LogP contribution in [0.25, 0.3) is 0 Å². The number of nitrogens with zero attached hydrogens (tertiary/aromatic N) is 1. The van der Waals surface area contributed by atoms with Crippen LogP contribution in [0.4, 0.5) is 0 Å². The first-order valence-electron chi connectivity index (χ1n) is 3.87. The Morgan fingerprint density at radius 2 is 2.33 bits per heavy atom. The van der Waals surface area contributed by atoms with Gasteiger partial charge in [-0.25, -0.2) is 13.4 Å². The molecule has 15 heavy (non-hydrogen) atoms. The first-order chi connectivity index (χ1) is 6.83. The van der Waals surface area contributed by atoms with Crippen LogP contribution < -0.4 is 0 Å². The minimum atomic E-state index is -3.67. The van der Waals surface area contributed by atoms with E-state index in [9.17, 15) is 13.2 Å². The smallest absolute Gasteiger partial charge is 0.321 e. The number of hydrogen-bond donors (Lipinski definition) is 1. The van der Waals surface area contributed by atoms with Gasteiger partial charge in [-0.2, -0.15) is 0 Å². The number of sulfone groups is 1. The molecular weight excluding hydrogens is 306 g/mol. The maximum atomic E-state index is 11.5. The number of aromatic nitrogens is 1. The van der Waals surface area contributed by atoms with Crippen molar-refractivity contribution in [2.24, 2.45) is 0 Å². The lowest BCUT2D eigenvalue weighted by atomic mass is 10.5. The van der Waals surface area contributed by atoms with E-state index in [1.807, 2.05) is 0 Å². The molecule has 5 nitrogen and oxygen atoms in total. The van der Waals surface area contributed by atoms with Gasteiger partial charge in [0.25, 0.3) is 0 Å². The second kappa shape index (κ2) is 4.58. The van der Waals surface area contributed by atoms with E-state index in [1.165, 1.54) is 17.5 Å². The van der Waals surface area contributed by atoms with Crippen molar-refractivity contribution in [3.8, 4) is 0 Å². The Balaban J connectivity index is 2.86. The molecule has 1 atom stereocenters. The van der Waals surface area contributed by atoms with E-state index >= 15 is 0 Å². The summed E-state index contributed by atoms with van der Waals surface area (Å²) in [7, 11) is -3.67. The van der Waals surface area contributed by atoms with E-state index in [0.29, 0.717) is 5.01 Å². The molecule has 0 aliphatic heterocycles. The molecule has 0 aliphatic rings. The maximum Gasteiger partial charge on any atom is 0.321 e. The SMILES string of the molecule is CC(C(=O)O)S(=O)(=O)Cc1ncc(Br)s1. The summed E-state index contributed by atoms with van der Waals surface area (Å²) in [4.78, 5) is 14.4. The quantitative estimate of drug-likeness (QED) is 0.905. The predicted molar refractivity (Wildman–Crippen MR) is 59.5 cm³/mol. The minimum Gasteiger partial charge on any atom is -0.480 e. The number of aliphatic carboxylic acids is 1. The Kier molecular flexibility index (Phi) is 3.85. The second-order valence-corrected chi connectivity index (χ2v) is 7.66. The summed E-state index contributed by atoms with van der Waals surface area (Å²) in [6.45, 7) is 1.15. The second-order valence-electron chi connectivity index (χ2n) is 2.85. The molecule has 0 saturated carbocycles. The van der Waals surface area contributed by atoms with Crippen molar-refractivity contribution >= 4 is 43.1 Å². The van der Waals surface area contributed by atoms with Gasteiger partial charge < -0.3 is 5.11 Å². The third-order valence-corrected chi connectivity index (χ3v) is 5.35. The summed E-state index contributed by atoms with van der Waals surface area (Å²) in [5, 5.41) is 7.58. The summed E-state index contributed by atoms with van der Waals surface area (Å²) < 4.78 is 23.8. The molecule has 0 aliphatic carbocycles. The van der Waals surface area contributed by atoms with Crippen LogP contribution in [0, 0.1) is 0 Å². The number of carboxylic acids is 1. The summed E-state index contributed by atoms with van der Waals surface area (Å²) in [5.41, 5.74) is 0. The van der Waals surface area contributed by atoms with Gasteiger partial charge in [0.2, 0.25) is 0 Å². The van der Waals surface area contributed by atoms with E-state index in [4.69, 9.17) is 5.11 Å². The average Bonchev–Trinajstić information content (AvgIpc) is 2.48. The summed E-state index contributed by atoms with van der Waals surface area (Å²) >= 11 is 4.33. The third kappa shape index (κ3) is 3.25. The summed E-state index contributed by atoms with van der Waals surface area (Å²) in [5.74, 6) is -1.68. The van der Waals surface area contributed by atoms with E-state index < -0.39 is 21.1 Å². The predicted octanol–water partition coefficient (Wildman–Crippen LogP) is 1.29. The molecule has 0 fully saturated rings. The molecule has 0 aromatic carbocycles. The fraction of sp³-hybridized carbons (Fsp3) is 0.429. The van der Waals surface area contributed by atoms with Crippen molar-refractivity contribution < 1.29 is 18.3 Å². The number of carboxylic acid groups (broad SMARTS) is 1. The van der Waals surface area contributed by atoms with E-state index in [0.717, 1.165) is 10.7 Å². The van der Waals surface area contributed by atoms with Crippen molar-refractivity contribution in [3.63, 3.8) is 0 Å². The molecule has 1 N–H and O–H groups in total. The Morgan fingerprint density at radius 3 is 2.73 bits per heavy atom. The van der Waals surface area contributed by atoms with Crippen LogP contribution in [-0.4, -0.2) is 29.7 Å². The van der Waals surface area contributed by atoms with Crippen molar-refractivity contribution in [3.05, 3.63) is 15.0 Å². The van der Waals surface area contributed by atoms with Gasteiger partial charge in [-0.15, -0.1) is 11.3 Å². The maximum absolute atomic E-state index is 11.5. The Morgan fingerprint density at radius 1 is 1.73 bits per heavy atom. The first kappa shape index (κ1) is 12.6. The van der Waals surface area contributed by atoms with Crippen LogP contribution in [0.2, 0.25) is 0 Å². The largest absolute Gasteiger partial charge is 0.480 e. The van der Waals surface area contributed by atoms with Gasteiger partial charge in [0.05, 0.1) is 9.98 Å². The minimum absolute atomic E-state index is 0.337. The van der Waals surface area contributed by atoms with E-state index in [-0.39, 0.29) is 5.75 Å². The molecule has 1 rings (SSSR count). The fourth-order valence-corrected chi connectivity index (χ4v) is 3.61. The standard InChI is InChI=1S/C7H8BrNO4S2/c1-4(7(10)11)15(12,13)3-6-9-2-5(8)14-6/h2,4H,3H2,1H3,(H,10,11). The summed E-state index contributed by atoms with van der Waals surface area (Å²) in [6.07, 6.45) is 1.49. The average molecular weight is 314 g/mol. The fourth-order valence-electron chi connectivity index (χ4n) is 0.805. The topological polar surface area (TPSA) is 84.3 Å². The number of hydrogen-bond acceptors (Lipinski definition) is 5. The third-order valence-electron chi connectivity index (χ3n) is 1.74. The lowest BCUT2D eigenvalue weighted by molar-refractivity contribution is -0.136. The zero-order valence-electron chi connectivity index (χ0n) is 7.68. The number of halogens is 1. The highest BCUT2D eigenvalue weighted by Gasteiger charge is 2.28. The van der Waals surface area contributed by atoms with Gasteiger partial charge >= 0.3 is 5.97 Å². The van der Waals surface area contributed by atoms with Crippen LogP contribution in [0.1, 0.15) is 11.9 Å². The van der Waals surface area contributed by atoms with Crippen molar-refractivity contribution in [2.75, 3.05) is 0 Å². The van der Waals surface area contributed by atoms with Crippen LogP contribution in [0.5, 0.6) is 0 Å². The highest BCUT2D eigenvalue weighted by molar-refractivity contribution is 9.11. The van der Waals surface area contributed by atoms with Crippen molar-refractivity contribution in [2.45, 2.75) is 17.9 Å². The highest BCUT2D eigenvalue weighted by Crippen LogP contribution is 2.22. The molecule has 0 radical (unpaired) electrons. The lowest BCUT2D eigenvalue weighted by Crippen LogP contribution is -2.27. The Bertz CT molecular complexity index is 467. The number of rotatable bonds is 4. The Labute approximate surface area is 99.2 Å². The van der Waals surface area contributed by atoms with Crippen LogP contribution in [-0.2, 0) is 20.4 Å². The molecule has 0 spiro atoms. The lowest BCUT2D eigenvalue weighted by Gasteiger charge is -2.05. The number of thiazole rings is 1. The normalized spacial score (nSPS) is 13.7. The molecule has 0 amide bonds. The molecule has 0 saturated heterocycles. The molecule has 1 aromatic rings. The van der Waals surface area contributed by atoms with Gasteiger partial charge in [0, 0.05) is 0 Å². The number of carbonyl (C=O) groups is 1. The van der Waals surface area contributed by atoms with Crippen molar-refractivity contribution in [1.29, 1.82) is 0 Å². The van der Waals surface area contributed by atoms with Crippen LogP contribution >= 0.6 is 27.3 Å². The molecule has 1 unspecified atom stereocenters. The zero-order valence-corrected chi connectivity index (χ0v) is 10.9. The van der Waals surface area contributed by atoms with E-state index in [2.05, 4.69) is 20.9 Å². The highest BCUT2D eigenvalue weighted by atomic mass is 79.9. The monoisotopic (exact) mass is 313 g/mol. The van der Waals surface area contributed by atoms with Gasteiger partial charge in [-0.1, -0.05) is 0 Å². The van der Waals surface area contributed by atoms with Crippen LogP contribution in [0.3, 0.4) is 0 Å². The van der Waals surface area contributed by atoms with Gasteiger partial charge in [-0.05, 0) is 22.9 Å². The molecule has 1 heterocycles. The molecule has 8 heteroatoms. The van der Waals surface area contributed by atoms with Gasteiger partial charge in [-0.3, -0.25) is 4.79 Å². The van der Waals surface area contributed by atoms with Gasteiger partial charge in [0.1, 0.15) is 10.8 Å². The van der Waals surface area contributed by atoms with E-state index in [1.54, 1.807) is 0 Å². The molecule has 84 valence electrons. The molecule has 1 aromatic heterocycles. The first-order valence-corrected chi connectivity index (χ1v) is 7.20.